The van der Waals surface area contributed by atoms with E-state index in [0.29, 0.717) is 16.9 Å². The predicted octanol–water partition coefficient (Wildman–Crippen LogP) is 4.28. The van der Waals surface area contributed by atoms with E-state index in [-0.39, 0.29) is 4.90 Å². The number of amides is 1. The number of nitrogens with one attached hydrogen (secondary N) is 2. The first-order chi connectivity index (χ1) is 13.4. The molecule has 3 rings (SSSR count). The Hall–Kier alpha value is -3.45. The molecular weight excluding hydrogens is 379 g/mol. The van der Waals surface area contributed by atoms with Crippen molar-refractivity contribution >= 4 is 33.4 Å². The summed E-state index contributed by atoms with van der Waals surface area (Å²) in [5.74, 6) is -0.881. The average Bonchev–Trinajstić information content (AvgIpc) is 2.68. The first-order valence-corrected chi connectivity index (χ1v) is 9.84. The Kier molecular flexibility index (Phi) is 5.86. The highest BCUT2D eigenvalue weighted by atomic mass is 32.2. The average molecular weight is 396 g/mol. The Morgan fingerprint density at radius 1 is 0.821 bits per heavy atom. The van der Waals surface area contributed by atoms with E-state index in [0.717, 1.165) is 0 Å². The zero-order valence-corrected chi connectivity index (χ0v) is 15.5. The Bertz CT molecular complexity index is 1100. The van der Waals surface area contributed by atoms with Gasteiger partial charge in [0.1, 0.15) is 5.82 Å². The molecular formula is C21H17FN2O3S. The van der Waals surface area contributed by atoms with Crippen LogP contribution in [0.25, 0.3) is 6.08 Å². The van der Waals surface area contributed by atoms with Crippen molar-refractivity contribution in [2.24, 2.45) is 0 Å². The number of anilines is 2. The summed E-state index contributed by atoms with van der Waals surface area (Å²) in [5.41, 5.74) is 1.17. The normalized spacial score (nSPS) is 11.3. The summed E-state index contributed by atoms with van der Waals surface area (Å²) >= 11 is 0. The number of hydrogen-bond acceptors (Lipinski definition) is 3. The van der Waals surface area contributed by atoms with Gasteiger partial charge in [0.15, 0.2) is 0 Å². The lowest BCUT2D eigenvalue weighted by Gasteiger charge is -2.09. The van der Waals surface area contributed by atoms with Crippen molar-refractivity contribution in [3.05, 3.63) is 96.3 Å². The zero-order chi connectivity index (χ0) is 20.0. The summed E-state index contributed by atoms with van der Waals surface area (Å²) in [6.45, 7) is 0. The van der Waals surface area contributed by atoms with E-state index in [1.165, 1.54) is 42.5 Å². The van der Waals surface area contributed by atoms with Gasteiger partial charge < -0.3 is 5.32 Å². The minimum absolute atomic E-state index is 0.0660. The highest BCUT2D eigenvalue weighted by molar-refractivity contribution is 7.92. The molecule has 2 N–H and O–H groups in total. The van der Waals surface area contributed by atoms with E-state index in [9.17, 15) is 17.6 Å². The third-order valence-electron chi connectivity index (χ3n) is 3.78. The quantitative estimate of drug-likeness (QED) is 0.611. The van der Waals surface area contributed by atoms with E-state index in [1.54, 1.807) is 48.5 Å². The molecule has 142 valence electrons. The molecule has 0 fully saturated rings. The van der Waals surface area contributed by atoms with Gasteiger partial charge in [0.25, 0.3) is 10.0 Å². The summed E-state index contributed by atoms with van der Waals surface area (Å²) < 4.78 is 40.8. The molecule has 1 amide bonds. The standard InChI is InChI=1S/C21H17FN2O3S/c22-20-9-5-4-6-16(20)10-15-21(25)23-17-11-13-19(14-12-17)28(26,27)24-18-7-2-1-3-8-18/h1-15,24H,(H,23,25). The van der Waals surface area contributed by atoms with Crippen LogP contribution >= 0.6 is 0 Å². The van der Waals surface area contributed by atoms with Crippen LogP contribution in [0.5, 0.6) is 0 Å². The van der Waals surface area contributed by atoms with E-state index >= 15 is 0 Å². The maximum atomic E-state index is 13.5. The fraction of sp³-hybridized carbons (Fsp3) is 0. The molecule has 0 aliphatic carbocycles. The number of carbonyl (C=O) groups is 1. The summed E-state index contributed by atoms with van der Waals surface area (Å²) in [4.78, 5) is 12.0. The van der Waals surface area contributed by atoms with E-state index in [4.69, 9.17) is 0 Å². The largest absolute Gasteiger partial charge is 0.323 e. The smallest absolute Gasteiger partial charge is 0.261 e. The Morgan fingerprint density at radius 3 is 2.14 bits per heavy atom. The molecule has 3 aromatic rings. The van der Waals surface area contributed by atoms with Crippen molar-refractivity contribution < 1.29 is 17.6 Å². The molecule has 0 spiro atoms. The number of rotatable bonds is 6. The van der Waals surface area contributed by atoms with Crippen molar-refractivity contribution in [2.45, 2.75) is 4.90 Å². The second-order valence-electron chi connectivity index (χ2n) is 5.84. The molecule has 0 aliphatic rings. The molecule has 28 heavy (non-hydrogen) atoms. The molecule has 0 aliphatic heterocycles. The van der Waals surface area contributed by atoms with Crippen LogP contribution < -0.4 is 10.0 Å². The number of halogens is 1. The highest BCUT2D eigenvalue weighted by Gasteiger charge is 2.14. The van der Waals surface area contributed by atoms with Gasteiger partial charge in [0.05, 0.1) is 4.90 Å². The van der Waals surface area contributed by atoms with Crippen LogP contribution in [0.4, 0.5) is 15.8 Å². The van der Waals surface area contributed by atoms with Gasteiger partial charge in [-0.3, -0.25) is 9.52 Å². The molecule has 0 heterocycles. The molecule has 0 bridgehead atoms. The second kappa shape index (κ2) is 8.49. The van der Waals surface area contributed by atoms with E-state index in [2.05, 4.69) is 10.0 Å². The third-order valence-corrected chi connectivity index (χ3v) is 5.17. The van der Waals surface area contributed by atoms with Crippen LogP contribution in [0.15, 0.2) is 89.8 Å². The lowest BCUT2D eigenvalue weighted by molar-refractivity contribution is -0.111. The molecule has 0 unspecified atom stereocenters. The fourth-order valence-electron chi connectivity index (χ4n) is 2.40. The Balaban J connectivity index is 1.65. The molecule has 3 aromatic carbocycles. The van der Waals surface area contributed by atoms with Gasteiger partial charge in [-0.1, -0.05) is 36.4 Å². The van der Waals surface area contributed by atoms with Crippen molar-refractivity contribution in [1.29, 1.82) is 0 Å². The molecule has 5 nitrogen and oxygen atoms in total. The van der Waals surface area contributed by atoms with Crippen molar-refractivity contribution in [3.8, 4) is 0 Å². The van der Waals surface area contributed by atoms with Crippen LogP contribution in [0, 0.1) is 5.82 Å². The van der Waals surface area contributed by atoms with Gasteiger partial charge in [-0.05, 0) is 48.5 Å². The third kappa shape index (κ3) is 5.05. The van der Waals surface area contributed by atoms with Crippen LogP contribution in [0.3, 0.4) is 0 Å². The highest BCUT2D eigenvalue weighted by Crippen LogP contribution is 2.18. The monoisotopic (exact) mass is 396 g/mol. The predicted molar refractivity (Wildman–Crippen MR) is 108 cm³/mol. The first kappa shape index (κ1) is 19.3. The number of hydrogen-bond donors (Lipinski definition) is 2. The van der Waals surface area contributed by atoms with Crippen LogP contribution in [0.2, 0.25) is 0 Å². The van der Waals surface area contributed by atoms with Gasteiger partial charge in [-0.2, -0.15) is 0 Å². The molecule has 0 saturated carbocycles. The number of para-hydroxylation sites is 1. The maximum Gasteiger partial charge on any atom is 0.261 e. The lowest BCUT2D eigenvalue weighted by Crippen LogP contribution is -2.13. The zero-order valence-electron chi connectivity index (χ0n) is 14.7. The van der Waals surface area contributed by atoms with Gasteiger partial charge in [0, 0.05) is 23.0 Å². The maximum absolute atomic E-state index is 13.5. The topological polar surface area (TPSA) is 75.3 Å². The van der Waals surface area contributed by atoms with Crippen molar-refractivity contribution in [1.82, 2.24) is 0 Å². The Morgan fingerprint density at radius 2 is 1.46 bits per heavy atom. The molecule has 7 heteroatoms. The fourth-order valence-corrected chi connectivity index (χ4v) is 3.46. The first-order valence-electron chi connectivity index (χ1n) is 8.35. The van der Waals surface area contributed by atoms with Gasteiger partial charge in [0.2, 0.25) is 5.91 Å². The minimum atomic E-state index is -3.73. The molecule has 0 radical (unpaired) electrons. The summed E-state index contributed by atoms with van der Waals surface area (Å²) in [5, 5.41) is 2.60. The minimum Gasteiger partial charge on any atom is -0.323 e. The van der Waals surface area contributed by atoms with Gasteiger partial charge in [-0.25, -0.2) is 12.8 Å². The summed E-state index contributed by atoms with van der Waals surface area (Å²) in [7, 11) is -3.73. The van der Waals surface area contributed by atoms with Gasteiger partial charge >= 0.3 is 0 Å². The number of carbonyl (C=O) groups excluding carboxylic acids is 1. The van der Waals surface area contributed by atoms with E-state index < -0.39 is 21.7 Å². The van der Waals surface area contributed by atoms with Crippen molar-refractivity contribution in [3.63, 3.8) is 0 Å². The Labute approximate surface area is 162 Å². The van der Waals surface area contributed by atoms with E-state index in [1.807, 2.05) is 0 Å². The number of sulfonamides is 1. The van der Waals surface area contributed by atoms with Crippen LogP contribution in [0.1, 0.15) is 5.56 Å². The summed E-state index contributed by atoms with van der Waals surface area (Å²) in [6.07, 6.45) is 2.58. The van der Waals surface area contributed by atoms with Crippen molar-refractivity contribution in [2.75, 3.05) is 10.0 Å². The second-order valence-corrected chi connectivity index (χ2v) is 7.52. The SMILES string of the molecule is O=C(C=Cc1ccccc1F)Nc1ccc(S(=O)(=O)Nc2ccccc2)cc1. The molecule has 0 atom stereocenters. The molecule has 0 saturated heterocycles. The summed E-state index contributed by atoms with van der Waals surface area (Å²) in [6, 6.07) is 20.4. The van der Waals surface area contributed by atoms with Crippen LogP contribution in [-0.2, 0) is 14.8 Å². The molecule has 0 aromatic heterocycles. The van der Waals surface area contributed by atoms with Crippen LogP contribution in [-0.4, -0.2) is 14.3 Å². The number of benzene rings is 3. The lowest BCUT2D eigenvalue weighted by atomic mass is 10.2. The van der Waals surface area contributed by atoms with Gasteiger partial charge in [-0.15, -0.1) is 0 Å².